The van der Waals surface area contributed by atoms with Crippen LogP contribution in [0, 0.1) is 0 Å². The van der Waals surface area contributed by atoms with Crippen molar-refractivity contribution in [3.63, 3.8) is 0 Å². The molecule has 4 N–H and O–H groups in total. The first-order chi connectivity index (χ1) is 13.2. The molecular formula is C18H21F3N4O2S. The molecule has 1 aliphatic heterocycles. The lowest BCUT2D eigenvalue weighted by molar-refractivity contribution is -0.137. The monoisotopic (exact) mass is 414 g/mol. The number of halogens is 3. The molecule has 0 atom stereocenters. The van der Waals surface area contributed by atoms with E-state index in [1.54, 1.807) is 6.07 Å². The summed E-state index contributed by atoms with van der Waals surface area (Å²) in [4.78, 5) is 2.04. The van der Waals surface area contributed by atoms with Gasteiger partial charge in [-0.25, -0.2) is 8.42 Å². The maximum atomic E-state index is 12.6. The largest absolute Gasteiger partial charge is 0.416 e. The van der Waals surface area contributed by atoms with E-state index in [4.69, 9.17) is 5.73 Å². The smallest absolute Gasteiger partial charge is 0.397 e. The van der Waals surface area contributed by atoms with Crippen molar-refractivity contribution in [3.05, 3.63) is 48.0 Å². The fourth-order valence-corrected chi connectivity index (χ4v) is 4.11. The molecule has 0 aromatic heterocycles. The lowest BCUT2D eigenvalue weighted by Gasteiger charge is -2.24. The first-order valence-corrected chi connectivity index (χ1v) is 10.2. The van der Waals surface area contributed by atoms with Crippen LogP contribution in [0.15, 0.2) is 47.4 Å². The van der Waals surface area contributed by atoms with Gasteiger partial charge in [0, 0.05) is 25.3 Å². The Labute approximate surface area is 161 Å². The van der Waals surface area contributed by atoms with Crippen molar-refractivity contribution >= 4 is 27.1 Å². The Balaban J connectivity index is 1.79. The van der Waals surface area contributed by atoms with Gasteiger partial charge in [-0.2, -0.15) is 13.2 Å². The number of hydrogen-bond donors (Lipinski definition) is 3. The van der Waals surface area contributed by atoms with Gasteiger partial charge in [-0.1, -0.05) is 0 Å². The third kappa shape index (κ3) is 4.68. The number of hydrogen-bond acceptors (Lipinski definition) is 5. The number of benzene rings is 2. The molecule has 1 heterocycles. The molecule has 1 saturated heterocycles. The van der Waals surface area contributed by atoms with E-state index in [9.17, 15) is 21.6 Å². The van der Waals surface area contributed by atoms with Gasteiger partial charge in [0.25, 0.3) is 10.0 Å². The highest BCUT2D eigenvalue weighted by Crippen LogP contribution is 2.31. The minimum Gasteiger partial charge on any atom is -0.397 e. The average Bonchev–Trinajstić information content (AvgIpc) is 2.90. The van der Waals surface area contributed by atoms with E-state index >= 15 is 0 Å². The molecule has 28 heavy (non-hydrogen) atoms. The predicted molar refractivity (Wildman–Crippen MR) is 103 cm³/mol. The van der Waals surface area contributed by atoms with Crippen molar-refractivity contribution in [2.24, 2.45) is 0 Å². The van der Waals surface area contributed by atoms with Crippen molar-refractivity contribution in [1.82, 2.24) is 5.32 Å². The molecule has 10 heteroatoms. The molecular weight excluding hydrogens is 393 g/mol. The molecule has 0 aliphatic carbocycles. The molecule has 0 unspecified atom stereocenters. The molecule has 0 saturated carbocycles. The van der Waals surface area contributed by atoms with Crippen molar-refractivity contribution in [2.75, 3.05) is 41.5 Å². The minimum atomic E-state index is -4.48. The number of rotatable bonds is 4. The summed E-state index contributed by atoms with van der Waals surface area (Å²) in [6.45, 7) is 3.31. The van der Waals surface area contributed by atoms with E-state index in [0.717, 1.165) is 62.6 Å². The lowest BCUT2D eigenvalue weighted by Crippen LogP contribution is -2.28. The van der Waals surface area contributed by atoms with E-state index in [2.05, 4.69) is 14.9 Å². The van der Waals surface area contributed by atoms with Crippen LogP contribution in [-0.4, -0.2) is 34.6 Å². The van der Waals surface area contributed by atoms with Crippen LogP contribution in [-0.2, 0) is 16.2 Å². The Morgan fingerprint density at radius 1 is 1.04 bits per heavy atom. The molecule has 0 spiro atoms. The number of nitrogens with two attached hydrogens (primary N) is 1. The molecule has 0 amide bonds. The van der Waals surface area contributed by atoms with E-state index in [1.807, 2.05) is 0 Å². The Kier molecular flexibility index (Phi) is 5.71. The van der Waals surface area contributed by atoms with Gasteiger partial charge in [0.2, 0.25) is 0 Å². The Bertz CT molecular complexity index is 923. The minimum absolute atomic E-state index is 0.0363. The lowest BCUT2D eigenvalue weighted by atomic mass is 10.2. The second-order valence-electron chi connectivity index (χ2n) is 6.49. The second kappa shape index (κ2) is 7.88. The predicted octanol–water partition coefficient (Wildman–Crippen LogP) is 2.89. The van der Waals surface area contributed by atoms with E-state index in [-0.39, 0.29) is 10.6 Å². The zero-order valence-electron chi connectivity index (χ0n) is 15.0. The highest BCUT2D eigenvalue weighted by molar-refractivity contribution is 7.92. The second-order valence-corrected chi connectivity index (χ2v) is 8.17. The van der Waals surface area contributed by atoms with Crippen molar-refractivity contribution in [2.45, 2.75) is 17.5 Å². The van der Waals surface area contributed by atoms with Crippen molar-refractivity contribution < 1.29 is 21.6 Å². The number of sulfonamides is 1. The highest BCUT2D eigenvalue weighted by atomic mass is 32.2. The van der Waals surface area contributed by atoms with Gasteiger partial charge in [-0.05, 0) is 55.4 Å². The summed E-state index contributed by atoms with van der Waals surface area (Å²) in [7, 11) is -3.98. The zero-order chi connectivity index (χ0) is 20.4. The topological polar surface area (TPSA) is 87.5 Å². The number of anilines is 3. The van der Waals surface area contributed by atoms with E-state index in [0.29, 0.717) is 5.69 Å². The van der Waals surface area contributed by atoms with Gasteiger partial charge in [0.1, 0.15) is 0 Å². The van der Waals surface area contributed by atoms with Crippen LogP contribution in [0.5, 0.6) is 0 Å². The number of nitrogens with one attached hydrogen (secondary N) is 2. The van der Waals surface area contributed by atoms with Crippen molar-refractivity contribution in [3.8, 4) is 0 Å². The highest BCUT2D eigenvalue weighted by Gasteiger charge is 2.30. The van der Waals surface area contributed by atoms with Crippen LogP contribution in [0.1, 0.15) is 12.0 Å². The molecule has 2 aromatic rings. The van der Waals surface area contributed by atoms with Crippen LogP contribution in [0.4, 0.5) is 30.2 Å². The number of nitrogens with zero attached hydrogens (tertiary/aromatic N) is 1. The maximum Gasteiger partial charge on any atom is 0.416 e. The van der Waals surface area contributed by atoms with E-state index < -0.39 is 21.8 Å². The van der Waals surface area contributed by atoms with E-state index in [1.165, 1.54) is 12.1 Å². The Hall–Kier alpha value is -2.46. The zero-order valence-corrected chi connectivity index (χ0v) is 15.8. The van der Waals surface area contributed by atoms with Gasteiger partial charge in [-0.3, -0.25) is 4.72 Å². The van der Waals surface area contributed by atoms with Crippen LogP contribution in [0.25, 0.3) is 0 Å². The summed E-state index contributed by atoms with van der Waals surface area (Å²) in [5.74, 6) is 0. The summed E-state index contributed by atoms with van der Waals surface area (Å²) in [6, 6.07) is 8.24. The van der Waals surface area contributed by atoms with Gasteiger partial charge < -0.3 is 16.0 Å². The van der Waals surface area contributed by atoms with Crippen molar-refractivity contribution in [1.29, 1.82) is 0 Å². The molecule has 3 rings (SSSR count). The summed E-state index contributed by atoms with van der Waals surface area (Å²) in [5.41, 5.74) is 6.36. The average molecular weight is 414 g/mol. The van der Waals surface area contributed by atoms with Crippen LogP contribution in [0.2, 0.25) is 0 Å². The molecule has 0 bridgehead atoms. The third-order valence-electron chi connectivity index (χ3n) is 4.45. The molecule has 1 aliphatic rings. The fourth-order valence-electron chi connectivity index (χ4n) is 3.02. The van der Waals surface area contributed by atoms with Gasteiger partial charge in [-0.15, -0.1) is 0 Å². The summed E-state index contributed by atoms with van der Waals surface area (Å²) in [5, 5.41) is 3.28. The Morgan fingerprint density at radius 3 is 2.39 bits per heavy atom. The van der Waals surface area contributed by atoms with Gasteiger partial charge in [0.15, 0.2) is 0 Å². The maximum absolute atomic E-state index is 12.6. The summed E-state index contributed by atoms with van der Waals surface area (Å²) in [6.07, 6.45) is -3.53. The summed E-state index contributed by atoms with van der Waals surface area (Å²) < 4.78 is 65.3. The molecule has 2 aromatic carbocycles. The molecule has 1 fully saturated rings. The molecule has 152 valence electrons. The van der Waals surface area contributed by atoms with Gasteiger partial charge in [0.05, 0.1) is 21.8 Å². The fraction of sp³-hybridized carbons (Fsp3) is 0.333. The quantitative estimate of drug-likeness (QED) is 0.670. The van der Waals surface area contributed by atoms with Crippen LogP contribution < -0.4 is 20.7 Å². The normalized spacial score (nSPS) is 15.9. The first-order valence-electron chi connectivity index (χ1n) is 8.72. The SMILES string of the molecule is Nc1cc(S(=O)(=O)Nc2ccc(C(F)(F)F)cc2)ccc1N1CCCNCC1. The standard InChI is InChI=1S/C18H21F3N4O2S/c19-18(20,21)13-2-4-14(5-3-13)24-28(26,27)15-6-7-17(16(22)12-15)25-10-1-8-23-9-11-25/h2-7,12,23-24H,1,8-11,22H2. The van der Waals surface area contributed by atoms with Gasteiger partial charge >= 0.3 is 6.18 Å². The molecule has 0 radical (unpaired) electrons. The first kappa shape index (κ1) is 20.3. The number of nitrogen functional groups attached to an aromatic ring is 1. The van der Waals surface area contributed by atoms with Crippen LogP contribution >= 0.6 is 0 Å². The van der Waals surface area contributed by atoms with Crippen LogP contribution in [0.3, 0.4) is 0 Å². The number of alkyl halides is 3. The summed E-state index contributed by atoms with van der Waals surface area (Å²) >= 11 is 0. The third-order valence-corrected chi connectivity index (χ3v) is 5.83. The Morgan fingerprint density at radius 2 is 1.75 bits per heavy atom. The molecule has 6 nitrogen and oxygen atoms in total.